The van der Waals surface area contributed by atoms with Crippen LogP contribution in [0.25, 0.3) is 0 Å². The fraction of sp³-hybridized carbons (Fsp3) is 0.438. The average Bonchev–Trinajstić information content (AvgIpc) is 0.798. The number of rotatable bonds is 14. The maximum atomic E-state index is 14.6. The van der Waals surface area contributed by atoms with Gasteiger partial charge in [0.25, 0.3) is 32.6 Å². The van der Waals surface area contributed by atoms with Gasteiger partial charge in [0.2, 0.25) is 11.8 Å². The Morgan fingerprint density at radius 3 is 1.64 bits per heavy atom. The number of alkyl halides is 7. The SMILES string of the molecule is CB(O)N1CCC(=O)CC1.C[C@@H](Br)C(=O)Nc1ccc(F)cn1.Cc1cc(Br)ccn1.Cc1cc(C2CN([B]C=O)CCC2(F)F)ccn1.Cc1cc(C2CN([B]C=O)CCC2=O)ccn1.Cc1cc(C2CN([C@@H](C)C(=O)Nc3ccc(F)cn3)CCC2(F)F)cc[n+]1[O-].Cl.[O-][n+]1ccc(C2CNCCC2(F)F)cc1. The van der Waals surface area contributed by atoms with E-state index in [4.69, 9.17) is 5.02 Å². The molecule has 12 rings (SSSR count). The van der Waals surface area contributed by atoms with E-state index in [2.05, 4.69) is 72.7 Å². The molecule has 0 spiro atoms. The number of piperidine rings is 5. The van der Waals surface area contributed by atoms with Crippen LogP contribution in [0.15, 0.2) is 139 Å². The highest BCUT2D eigenvalue weighted by Gasteiger charge is 2.48. The zero-order valence-electron chi connectivity index (χ0n) is 61.7. The number of aryl methyl sites for hydroxylation is 4. The van der Waals surface area contributed by atoms with Crippen LogP contribution in [0.3, 0.4) is 0 Å². The number of hydrogen-bond acceptors (Lipinski definition) is 19. The number of amides is 2. The third-order valence-corrected chi connectivity index (χ3v) is 19.1. The van der Waals surface area contributed by atoms with Gasteiger partial charge < -0.3 is 55.4 Å². The highest BCUT2D eigenvalue weighted by molar-refractivity contribution is 9.10. The molecule has 2 amide bonds. The Kier molecular flexibility index (Phi) is 37.7. The molecule has 0 aromatic carbocycles. The Morgan fingerprint density at radius 2 is 1.14 bits per heavy atom. The number of likely N-dealkylation sites (tertiary alicyclic amines) is 1. The zero-order valence-corrected chi connectivity index (χ0v) is 65.7. The second kappa shape index (κ2) is 44.8. The molecule has 590 valence electrons. The minimum Gasteiger partial charge on any atom is -0.619 e. The van der Waals surface area contributed by atoms with Crippen molar-refractivity contribution in [3.05, 3.63) is 206 Å². The van der Waals surface area contributed by atoms with Crippen LogP contribution in [0.5, 0.6) is 0 Å². The Labute approximate surface area is 659 Å². The van der Waals surface area contributed by atoms with Gasteiger partial charge in [-0.1, -0.05) is 31.9 Å². The molecule has 2 radical (unpaired) electrons. The average molecular weight is 1690 g/mol. The molecule has 7 aromatic heterocycles. The number of ketones is 2. The number of nitrogens with zero attached hydrogens (tertiary/aromatic N) is 11. The van der Waals surface area contributed by atoms with E-state index in [0.717, 1.165) is 58.8 Å². The van der Waals surface area contributed by atoms with Crippen molar-refractivity contribution < 1.29 is 78.4 Å². The van der Waals surface area contributed by atoms with Crippen molar-refractivity contribution in [2.45, 2.75) is 139 Å². The molecule has 7 aromatic rings. The van der Waals surface area contributed by atoms with Gasteiger partial charge >= 0.3 is 7.05 Å². The molecule has 0 saturated carbocycles. The summed E-state index contributed by atoms with van der Waals surface area (Å²) in [7, 11) is 2.44. The zero-order chi connectivity index (χ0) is 80.2. The molecule has 5 fully saturated rings. The van der Waals surface area contributed by atoms with Crippen molar-refractivity contribution in [1.29, 1.82) is 0 Å². The van der Waals surface area contributed by atoms with Crippen molar-refractivity contribution in [3.8, 4) is 0 Å². The van der Waals surface area contributed by atoms with Crippen molar-refractivity contribution in [2.24, 2.45) is 0 Å². The van der Waals surface area contributed by atoms with E-state index >= 15 is 0 Å². The highest BCUT2D eigenvalue weighted by atomic mass is 79.9. The lowest BCUT2D eigenvalue weighted by atomic mass is 9.82. The summed E-state index contributed by atoms with van der Waals surface area (Å²) >= 11 is 6.42. The van der Waals surface area contributed by atoms with Gasteiger partial charge in [-0.15, -0.1) is 12.4 Å². The summed E-state index contributed by atoms with van der Waals surface area (Å²) < 4.78 is 112. The molecule has 4 N–H and O–H groups in total. The van der Waals surface area contributed by atoms with Gasteiger partial charge in [-0.3, -0.25) is 39.0 Å². The normalized spacial score (nSPS) is 19.8. The lowest BCUT2D eigenvalue weighted by Gasteiger charge is -2.40. The van der Waals surface area contributed by atoms with Gasteiger partial charge in [0, 0.05) is 143 Å². The molecule has 23 nitrogen and oxygen atoms in total. The summed E-state index contributed by atoms with van der Waals surface area (Å²) in [5, 5.41) is 39.4. The Morgan fingerprint density at radius 1 is 0.636 bits per heavy atom. The molecular formula is C73H88B3Br2ClF8N14O9. The van der Waals surface area contributed by atoms with Gasteiger partial charge in [0.15, 0.2) is 24.3 Å². The summed E-state index contributed by atoms with van der Waals surface area (Å²) in [6, 6.07) is 21.2. The van der Waals surface area contributed by atoms with Gasteiger partial charge in [-0.2, -0.15) is 9.46 Å². The smallest absolute Gasteiger partial charge is 0.376 e. The fourth-order valence-electron chi connectivity index (χ4n) is 11.9. The first kappa shape index (κ1) is 92.5. The first-order valence-corrected chi connectivity index (χ1v) is 36.7. The molecule has 12 heterocycles. The number of aromatic nitrogens is 7. The topological polar surface area (TPSA) is 290 Å². The molecule has 0 bridgehead atoms. The second-order valence-electron chi connectivity index (χ2n) is 26.4. The summed E-state index contributed by atoms with van der Waals surface area (Å²) in [6.45, 7) is 15.9. The Hall–Kier alpha value is -8.09. The van der Waals surface area contributed by atoms with Crippen LogP contribution in [0.1, 0.15) is 121 Å². The second-order valence-corrected chi connectivity index (χ2v) is 28.7. The van der Waals surface area contributed by atoms with Gasteiger partial charge in [-0.25, -0.2) is 45.1 Å². The number of nitrogens with one attached hydrogen (secondary N) is 3. The maximum Gasteiger partial charge on any atom is 0.376 e. The number of carbonyl (C=O) groups excluding carboxylic acids is 6. The third-order valence-electron chi connectivity index (χ3n) is 18.2. The van der Waals surface area contributed by atoms with Gasteiger partial charge in [-0.05, 0) is 157 Å². The quantitative estimate of drug-likeness (QED) is 0.0197. The number of pyridine rings is 7. The molecule has 4 unspecified atom stereocenters. The predicted molar refractivity (Wildman–Crippen MR) is 412 cm³/mol. The van der Waals surface area contributed by atoms with E-state index in [0.29, 0.717) is 88.5 Å². The first-order chi connectivity index (χ1) is 51.6. The first-order valence-electron chi connectivity index (χ1n) is 35.0. The van der Waals surface area contributed by atoms with E-state index in [1.165, 1.54) is 82.0 Å². The molecule has 6 atom stereocenters. The molecule has 5 aliphatic rings. The Balaban J connectivity index is 0.000000237. The van der Waals surface area contributed by atoms with Crippen LogP contribution in [0, 0.1) is 49.7 Å². The van der Waals surface area contributed by atoms with Gasteiger partial charge in [0.05, 0.1) is 59.3 Å². The van der Waals surface area contributed by atoms with E-state index < -0.39 is 72.6 Å². The van der Waals surface area contributed by atoms with Gasteiger partial charge in [0.1, 0.15) is 34.8 Å². The fourth-order valence-corrected chi connectivity index (χ4v) is 12.5. The van der Waals surface area contributed by atoms with E-state index in [1.807, 2.05) is 47.7 Å². The Bertz CT molecular complexity index is 4070. The highest BCUT2D eigenvalue weighted by Crippen LogP contribution is 2.42. The molecule has 37 heteroatoms. The number of anilines is 2. The maximum absolute atomic E-state index is 14.6. The van der Waals surface area contributed by atoms with Crippen LogP contribution in [-0.4, -0.2) is 201 Å². The van der Waals surface area contributed by atoms with Crippen LogP contribution in [-0.2, 0) is 28.8 Å². The monoisotopic (exact) mass is 1680 g/mol. The lowest BCUT2D eigenvalue weighted by molar-refractivity contribution is -0.612. The number of carbonyl (C=O) groups is 6. The van der Waals surface area contributed by atoms with Crippen LogP contribution < -0.4 is 25.4 Å². The molecule has 5 aliphatic heterocycles. The summed E-state index contributed by atoms with van der Waals surface area (Å²) in [4.78, 5) is 93.5. The molecular weight excluding hydrogens is 1600 g/mol. The molecule has 110 heavy (non-hydrogen) atoms. The van der Waals surface area contributed by atoms with Crippen molar-refractivity contribution in [1.82, 2.24) is 49.6 Å². The van der Waals surface area contributed by atoms with E-state index in [9.17, 15) is 74.3 Å². The summed E-state index contributed by atoms with van der Waals surface area (Å²) in [6.07, 6.45) is 13.1. The number of hydrogen-bond donors (Lipinski definition) is 4. The van der Waals surface area contributed by atoms with Crippen molar-refractivity contribution in [2.75, 3.05) is 76.1 Å². The lowest BCUT2D eigenvalue weighted by Crippen LogP contribution is -2.52. The third kappa shape index (κ3) is 30.2. The van der Waals surface area contributed by atoms with Crippen molar-refractivity contribution >= 4 is 114 Å². The minimum absolute atomic E-state index is 0. The number of halogens is 11. The van der Waals surface area contributed by atoms with E-state index in [-0.39, 0.29) is 86.2 Å². The molecule has 0 aliphatic carbocycles. The summed E-state index contributed by atoms with van der Waals surface area (Å²) in [5.41, 5.74) is 5.46. The minimum atomic E-state index is -2.94. The van der Waals surface area contributed by atoms with Crippen molar-refractivity contribution in [3.63, 3.8) is 0 Å². The van der Waals surface area contributed by atoms with Crippen LogP contribution >= 0.6 is 44.3 Å². The predicted octanol–water partition coefficient (Wildman–Crippen LogP) is 10.1. The van der Waals surface area contributed by atoms with Crippen LogP contribution in [0.4, 0.5) is 46.8 Å². The number of Topliss-reactive ketones (excluding diaryl/α,β-unsaturated/α-hetero) is 2. The van der Waals surface area contributed by atoms with Crippen LogP contribution in [0.2, 0.25) is 6.82 Å². The summed E-state index contributed by atoms with van der Waals surface area (Å²) in [5.74, 6) is -11.8. The molecule has 5 saturated heterocycles. The van der Waals surface area contributed by atoms with E-state index in [1.54, 1.807) is 75.0 Å². The largest absolute Gasteiger partial charge is 0.619 e. The standard InChI is InChI=1S/C19H21F3N4O2.C12H14BF2N2O.C12H14BN2O2.C10H12F2N2O.C8H8BrFN2O.C6H12BNO2.C6H6BrN.ClH/c1-12-9-14(5-7-26(12)28)16-11-25(8-6-19(16,21)22)13(2)18(27)24-17-4-3-15(20)10-23-17;1-9-6-10(2-4-16-9)11-7-17(13-8-18)5-3-12(11,14)15;1-9-6-10(2-4-14-9)11-7-15(13-8-16)5-3-12(11)17;11-10(12)3-4-13-7-9(10)8-1-5-14(15)6-2-8;1-5(9)8(13)12-7-3-2-6(10)4-11-7;1-7(10)8-4-2-6(9)3-5-8;1-5-4-6(7)2-3-8-5;/h3-5,7,9-10,13,16H,6,8,11H2,1-2H3,(H,23,24,27);2,4,6,8,11H,3,5,7H2,1H3;2,4,6,8,11H,3,5,7H2,1H3;1-2,5-6,9,13H,3-4,7H2;2-5H,1H3,(H,11,12,13);10H,2-5H2,1H3;2-4H,1H3;1H/t13-,16?;;;;5-;;;/m0...1.../s1.